The van der Waals surface area contributed by atoms with Crippen molar-refractivity contribution in [3.8, 4) is 11.1 Å². The number of aryl methyl sites for hydroxylation is 3. The summed E-state index contributed by atoms with van der Waals surface area (Å²) in [5, 5.41) is 0. The highest BCUT2D eigenvalue weighted by Crippen LogP contribution is 2.36. The summed E-state index contributed by atoms with van der Waals surface area (Å²) in [5.74, 6) is 0.586. The molecule has 7 aromatic rings. The minimum Gasteiger partial charge on any atom is -0.311 e. The summed E-state index contributed by atoms with van der Waals surface area (Å²) in [6, 6.07) is 61.5. The zero-order chi connectivity index (χ0) is 40.6. The first kappa shape index (κ1) is 38.9. The van der Waals surface area contributed by atoms with Gasteiger partial charge in [-0.05, 0) is 140 Å². The van der Waals surface area contributed by atoms with E-state index in [1.807, 2.05) is 0 Å². The quantitative estimate of drug-likeness (QED) is 0.121. The van der Waals surface area contributed by atoms with Crippen molar-refractivity contribution in [2.24, 2.45) is 5.92 Å². The van der Waals surface area contributed by atoms with Crippen LogP contribution in [0.4, 0.5) is 28.4 Å². The van der Waals surface area contributed by atoms with E-state index < -0.39 is 0 Å². The van der Waals surface area contributed by atoms with Gasteiger partial charge in [-0.2, -0.15) is 0 Å². The van der Waals surface area contributed by atoms with Gasteiger partial charge in [0.05, 0.1) is 0 Å². The van der Waals surface area contributed by atoms with E-state index in [1.54, 1.807) is 0 Å². The summed E-state index contributed by atoms with van der Waals surface area (Å²) in [7, 11) is 0. The fourth-order valence-electron chi connectivity index (χ4n) is 7.49. The van der Waals surface area contributed by atoms with Crippen LogP contribution in [0.3, 0.4) is 0 Å². The Labute approximate surface area is 351 Å². The summed E-state index contributed by atoms with van der Waals surface area (Å²) in [6.45, 7) is 8.69. The van der Waals surface area contributed by atoms with Gasteiger partial charge in [0, 0.05) is 34.1 Å². The molecule has 0 aromatic heterocycles. The highest BCUT2D eigenvalue weighted by Gasteiger charge is 2.16. The predicted molar refractivity (Wildman–Crippen MR) is 256 cm³/mol. The Hall–Kier alpha value is -6.90. The number of benzene rings is 7. The maximum atomic E-state index is 2.37. The van der Waals surface area contributed by atoms with Gasteiger partial charge in [-0.25, -0.2) is 0 Å². The van der Waals surface area contributed by atoms with Crippen molar-refractivity contribution < 1.29 is 0 Å². The molecule has 0 N–H and O–H groups in total. The lowest BCUT2D eigenvalue weighted by molar-refractivity contribution is 0.662. The van der Waals surface area contributed by atoms with E-state index >= 15 is 0 Å². The van der Waals surface area contributed by atoms with E-state index in [0.717, 1.165) is 34.7 Å². The first-order valence-electron chi connectivity index (χ1n) is 20.8. The average molecular weight is 765 g/mol. The molecule has 1 aliphatic rings. The lowest BCUT2D eigenvalue weighted by Gasteiger charge is -2.26. The van der Waals surface area contributed by atoms with E-state index in [1.165, 1.54) is 62.3 Å². The Morgan fingerprint density at radius 2 is 0.695 bits per heavy atom. The first-order valence-corrected chi connectivity index (χ1v) is 20.8. The van der Waals surface area contributed by atoms with Gasteiger partial charge in [-0.15, -0.1) is 0 Å². The maximum absolute atomic E-state index is 2.37. The van der Waals surface area contributed by atoms with Crippen LogP contribution in [0.2, 0.25) is 0 Å². The van der Waals surface area contributed by atoms with Gasteiger partial charge in [-0.3, -0.25) is 0 Å². The lowest BCUT2D eigenvalue weighted by atomic mass is 10.0. The fourth-order valence-corrected chi connectivity index (χ4v) is 7.49. The normalized spacial score (nSPS) is 14.0. The van der Waals surface area contributed by atoms with Crippen LogP contribution < -0.4 is 9.80 Å². The minimum absolute atomic E-state index is 0.586. The van der Waals surface area contributed by atoms with Crippen LogP contribution in [0.5, 0.6) is 0 Å². The number of allylic oxidation sites excluding steroid dienone is 3. The molecular weight excluding hydrogens is 713 g/mol. The molecule has 0 aliphatic heterocycles. The molecule has 7 aromatic carbocycles. The van der Waals surface area contributed by atoms with Gasteiger partial charge in [-0.1, -0.05) is 169 Å². The second-order valence-electron chi connectivity index (χ2n) is 15.8. The van der Waals surface area contributed by atoms with E-state index in [9.17, 15) is 0 Å². The van der Waals surface area contributed by atoms with Gasteiger partial charge in [0.15, 0.2) is 0 Å². The molecule has 1 atom stereocenters. The first-order chi connectivity index (χ1) is 28.8. The van der Waals surface area contributed by atoms with Crippen molar-refractivity contribution in [3.05, 3.63) is 233 Å². The number of rotatable bonds is 11. The molecule has 0 saturated heterocycles. The number of hydrogen-bond donors (Lipinski definition) is 0. The molecule has 0 fully saturated rings. The third-order valence-electron chi connectivity index (χ3n) is 11.1. The van der Waals surface area contributed by atoms with Crippen molar-refractivity contribution in [2.45, 2.75) is 40.5 Å². The van der Waals surface area contributed by atoms with Crippen LogP contribution in [-0.4, -0.2) is 0 Å². The molecular formula is C57H52N2. The van der Waals surface area contributed by atoms with Crippen LogP contribution in [0.15, 0.2) is 194 Å². The Morgan fingerprint density at radius 1 is 0.390 bits per heavy atom. The van der Waals surface area contributed by atoms with Crippen molar-refractivity contribution in [1.82, 2.24) is 0 Å². The van der Waals surface area contributed by atoms with E-state index in [-0.39, 0.29) is 0 Å². The zero-order valence-electron chi connectivity index (χ0n) is 34.6. The smallest absolute Gasteiger partial charge is 0.0462 e. The lowest BCUT2D eigenvalue weighted by Crippen LogP contribution is -2.15. The molecule has 290 valence electrons. The van der Waals surface area contributed by atoms with Crippen molar-refractivity contribution >= 4 is 52.7 Å². The van der Waals surface area contributed by atoms with E-state index in [4.69, 9.17) is 0 Å². The summed E-state index contributed by atoms with van der Waals surface area (Å²) in [6.07, 6.45) is 18.0. The second-order valence-corrected chi connectivity index (χ2v) is 15.8. The van der Waals surface area contributed by atoms with Crippen LogP contribution in [0.25, 0.3) is 35.4 Å². The molecule has 1 aliphatic carbocycles. The maximum Gasteiger partial charge on any atom is 0.0462 e. The highest BCUT2D eigenvalue weighted by atomic mass is 15.1. The van der Waals surface area contributed by atoms with Crippen LogP contribution >= 0.6 is 0 Å². The Kier molecular flexibility index (Phi) is 12.0. The van der Waals surface area contributed by atoms with Crippen molar-refractivity contribution in [1.29, 1.82) is 0 Å². The molecule has 0 saturated carbocycles. The molecule has 8 rings (SSSR count). The monoisotopic (exact) mass is 764 g/mol. The third kappa shape index (κ3) is 9.80. The topological polar surface area (TPSA) is 6.48 Å². The van der Waals surface area contributed by atoms with Crippen molar-refractivity contribution in [3.63, 3.8) is 0 Å². The fraction of sp³-hybridized carbons (Fsp3) is 0.123. The molecule has 0 bridgehead atoms. The Balaban J connectivity index is 0.908. The predicted octanol–water partition coefficient (Wildman–Crippen LogP) is 16.1. The Bertz CT molecular complexity index is 2520. The van der Waals surface area contributed by atoms with Crippen molar-refractivity contribution in [2.75, 3.05) is 9.80 Å². The molecule has 2 heteroatoms. The number of hydrogen-bond acceptors (Lipinski definition) is 2. The molecule has 0 amide bonds. The largest absolute Gasteiger partial charge is 0.311 e. The molecule has 0 heterocycles. The Morgan fingerprint density at radius 3 is 1.05 bits per heavy atom. The van der Waals surface area contributed by atoms with Crippen LogP contribution in [0.1, 0.15) is 58.7 Å². The van der Waals surface area contributed by atoms with Crippen LogP contribution in [0, 0.1) is 26.7 Å². The molecule has 0 spiro atoms. The number of anilines is 5. The van der Waals surface area contributed by atoms with Gasteiger partial charge in [0.1, 0.15) is 0 Å². The average Bonchev–Trinajstić information content (AvgIpc) is 3.49. The van der Waals surface area contributed by atoms with Gasteiger partial charge < -0.3 is 9.80 Å². The second kappa shape index (κ2) is 18.1. The summed E-state index contributed by atoms with van der Waals surface area (Å²) >= 11 is 0. The van der Waals surface area contributed by atoms with E-state index in [2.05, 4.69) is 250 Å². The van der Waals surface area contributed by atoms with Gasteiger partial charge in [0.2, 0.25) is 0 Å². The SMILES string of the molecule is Cc1ccc(N(C2=CCCC(C)C=C2)c2ccc(/C=C/c3ccc(-c4ccc(/C=C/c5ccc(N(c6ccc(C)cc6)c6ccc(C)cc6)cc5)cc4)cc3)cc2)cc1. The molecule has 59 heavy (non-hydrogen) atoms. The minimum atomic E-state index is 0.586. The summed E-state index contributed by atoms with van der Waals surface area (Å²) < 4.78 is 0. The highest BCUT2D eigenvalue weighted by molar-refractivity contribution is 5.79. The van der Waals surface area contributed by atoms with Crippen LogP contribution in [-0.2, 0) is 0 Å². The molecule has 0 radical (unpaired) electrons. The van der Waals surface area contributed by atoms with E-state index in [0.29, 0.717) is 5.92 Å². The zero-order valence-corrected chi connectivity index (χ0v) is 34.6. The number of nitrogens with zero attached hydrogens (tertiary/aromatic N) is 2. The summed E-state index contributed by atoms with van der Waals surface area (Å²) in [4.78, 5) is 4.68. The van der Waals surface area contributed by atoms with Gasteiger partial charge >= 0.3 is 0 Å². The molecule has 1 unspecified atom stereocenters. The standard InChI is InChI=1S/C57H52N2/c1-42-6-5-7-52(31-8-42)58(53-32-9-43(2)10-33-53)56-38-23-48(24-39-56)17-15-46-19-27-50(28-20-46)51-29-21-47(22-30-51)16-18-49-25-40-57(41-26-49)59(54-34-11-44(3)12-35-54)55-36-13-45(4)14-37-55/h7-42H,5-6H2,1-4H3/b17-15+,18-16+. The molecule has 2 nitrogen and oxygen atoms in total. The summed E-state index contributed by atoms with van der Waals surface area (Å²) in [5.41, 5.74) is 17.9. The van der Waals surface area contributed by atoms with Gasteiger partial charge in [0.25, 0.3) is 0 Å². The third-order valence-corrected chi connectivity index (χ3v) is 11.1.